The molecule has 25 heavy (non-hydrogen) atoms. The normalized spacial score (nSPS) is 12.4. The lowest BCUT2D eigenvalue weighted by Gasteiger charge is -2.13. The molecule has 2 rings (SSSR count). The molecule has 0 spiro atoms. The molecule has 126 valence electrons. The molecule has 1 amide bonds. The fraction of sp³-hybridized carbons (Fsp3) is 0.143. The topological polar surface area (TPSA) is 62.1 Å². The predicted molar refractivity (Wildman–Crippen MR) is 98.7 cm³/mol. The van der Waals surface area contributed by atoms with Crippen LogP contribution in [-0.2, 0) is 4.79 Å². The van der Waals surface area contributed by atoms with E-state index in [0.29, 0.717) is 0 Å². The first-order valence-corrected chi connectivity index (χ1v) is 7.93. The second-order valence-corrected chi connectivity index (χ2v) is 5.40. The smallest absolute Gasteiger partial charge is 0.262 e. The van der Waals surface area contributed by atoms with E-state index in [1.54, 1.807) is 19.3 Å². The zero-order valence-electron chi connectivity index (χ0n) is 14.3. The number of rotatable bonds is 6. The average Bonchev–Trinajstić information content (AvgIpc) is 2.66. The molecule has 4 nitrogen and oxygen atoms in total. The molecule has 2 aromatic rings. The second kappa shape index (κ2) is 9.09. The SMILES string of the molecule is COc1ccccc1/C=C/C=C(\C#N)C(=O)NC(C)c1ccccc1. The van der Waals surface area contributed by atoms with Crippen LogP contribution in [-0.4, -0.2) is 13.0 Å². The average molecular weight is 332 g/mol. The lowest BCUT2D eigenvalue weighted by molar-refractivity contribution is -0.117. The van der Waals surface area contributed by atoms with Gasteiger partial charge in [-0.3, -0.25) is 4.79 Å². The molecule has 0 fully saturated rings. The Labute approximate surface area is 148 Å². The molecule has 1 N–H and O–H groups in total. The summed E-state index contributed by atoms with van der Waals surface area (Å²) in [5, 5.41) is 12.1. The second-order valence-electron chi connectivity index (χ2n) is 5.40. The zero-order chi connectivity index (χ0) is 18.1. The van der Waals surface area contributed by atoms with Crippen molar-refractivity contribution in [2.24, 2.45) is 0 Å². The van der Waals surface area contributed by atoms with Gasteiger partial charge in [-0.15, -0.1) is 0 Å². The number of hydrogen-bond acceptors (Lipinski definition) is 3. The molecule has 0 aliphatic heterocycles. The summed E-state index contributed by atoms with van der Waals surface area (Å²) in [7, 11) is 1.60. The molecule has 0 saturated carbocycles. The molecule has 0 aromatic heterocycles. The summed E-state index contributed by atoms with van der Waals surface area (Å²) in [6.45, 7) is 1.88. The van der Waals surface area contributed by atoms with Crippen molar-refractivity contribution in [2.45, 2.75) is 13.0 Å². The van der Waals surface area contributed by atoms with Crippen LogP contribution < -0.4 is 10.1 Å². The first-order chi connectivity index (χ1) is 12.2. The highest BCUT2D eigenvalue weighted by molar-refractivity contribution is 5.97. The maximum absolute atomic E-state index is 12.3. The van der Waals surface area contributed by atoms with Gasteiger partial charge in [-0.05, 0) is 24.6 Å². The number of para-hydroxylation sites is 1. The molecule has 0 heterocycles. The predicted octanol–water partition coefficient (Wildman–Crippen LogP) is 4.04. The number of nitriles is 1. The van der Waals surface area contributed by atoms with Crippen LogP contribution in [0.1, 0.15) is 24.1 Å². The summed E-state index contributed by atoms with van der Waals surface area (Å²) < 4.78 is 5.26. The van der Waals surface area contributed by atoms with Crippen LogP contribution in [0.4, 0.5) is 0 Å². The number of amides is 1. The van der Waals surface area contributed by atoms with E-state index in [1.165, 1.54) is 6.08 Å². The lowest BCUT2D eigenvalue weighted by Crippen LogP contribution is -2.27. The van der Waals surface area contributed by atoms with E-state index in [1.807, 2.05) is 67.6 Å². The molecule has 2 aromatic carbocycles. The van der Waals surface area contributed by atoms with Crippen molar-refractivity contribution in [3.05, 3.63) is 83.4 Å². The third kappa shape index (κ3) is 5.08. The van der Waals surface area contributed by atoms with E-state index < -0.39 is 5.91 Å². The number of allylic oxidation sites excluding steroid dienone is 2. The maximum Gasteiger partial charge on any atom is 0.262 e. The minimum atomic E-state index is -0.400. The van der Waals surface area contributed by atoms with Crippen LogP contribution in [0.15, 0.2) is 72.3 Å². The van der Waals surface area contributed by atoms with Gasteiger partial charge in [0, 0.05) is 5.56 Å². The Morgan fingerprint density at radius 1 is 1.16 bits per heavy atom. The molecule has 1 unspecified atom stereocenters. The Kier molecular flexibility index (Phi) is 6.56. The summed E-state index contributed by atoms with van der Waals surface area (Å²) in [4.78, 5) is 12.3. The van der Waals surface area contributed by atoms with E-state index in [9.17, 15) is 10.1 Å². The number of nitrogens with zero attached hydrogens (tertiary/aromatic N) is 1. The minimum absolute atomic E-state index is 0.0499. The van der Waals surface area contributed by atoms with Crippen molar-refractivity contribution in [1.82, 2.24) is 5.32 Å². The van der Waals surface area contributed by atoms with Crippen LogP contribution in [0.2, 0.25) is 0 Å². The van der Waals surface area contributed by atoms with Gasteiger partial charge in [0.15, 0.2) is 0 Å². The van der Waals surface area contributed by atoms with Gasteiger partial charge in [0.2, 0.25) is 0 Å². The molecule has 0 saturated heterocycles. The van der Waals surface area contributed by atoms with Crippen molar-refractivity contribution in [2.75, 3.05) is 7.11 Å². The number of carbonyl (C=O) groups is 1. The van der Waals surface area contributed by atoms with Crippen LogP contribution in [0.5, 0.6) is 5.75 Å². The van der Waals surface area contributed by atoms with Crippen molar-refractivity contribution in [3.63, 3.8) is 0 Å². The molecular weight excluding hydrogens is 312 g/mol. The Balaban J connectivity index is 2.08. The summed E-state index contributed by atoms with van der Waals surface area (Å²) in [5.74, 6) is 0.330. The van der Waals surface area contributed by atoms with Gasteiger partial charge >= 0.3 is 0 Å². The fourth-order valence-electron chi connectivity index (χ4n) is 2.32. The van der Waals surface area contributed by atoms with Crippen LogP contribution in [0.3, 0.4) is 0 Å². The Hall–Kier alpha value is -3.32. The molecule has 0 bridgehead atoms. The van der Waals surface area contributed by atoms with Gasteiger partial charge < -0.3 is 10.1 Å². The number of methoxy groups -OCH3 is 1. The summed E-state index contributed by atoms with van der Waals surface area (Å²) in [5.41, 5.74) is 1.91. The van der Waals surface area contributed by atoms with Crippen LogP contribution in [0.25, 0.3) is 6.08 Å². The molecular formula is C21H20N2O2. The number of nitrogens with one attached hydrogen (secondary N) is 1. The van der Waals surface area contributed by atoms with Gasteiger partial charge in [-0.2, -0.15) is 5.26 Å². The van der Waals surface area contributed by atoms with Crippen molar-refractivity contribution >= 4 is 12.0 Å². The number of carbonyl (C=O) groups excluding carboxylic acids is 1. The molecule has 0 radical (unpaired) electrons. The third-order valence-electron chi connectivity index (χ3n) is 3.69. The molecule has 0 aliphatic rings. The highest BCUT2D eigenvalue weighted by Gasteiger charge is 2.12. The zero-order valence-corrected chi connectivity index (χ0v) is 14.3. The highest BCUT2D eigenvalue weighted by atomic mass is 16.5. The monoisotopic (exact) mass is 332 g/mol. The van der Waals surface area contributed by atoms with E-state index in [-0.39, 0.29) is 11.6 Å². The van der Waals surface area contributed by atoms with Crippen LogP contribution in [0, 0.1) is 11.3 Å². The van der Waals surface area contributed by atoms with Gasteiger partial charge in [0.05, 0.1) is 13.2 Å². The summed E-state index contributed by atoms with van der Waals surface area (Å²) >= 11 is 0. The quantitative estimate of drug-likeness (QED) is 0.493. The molecule has 1 atom stereocenters. The van der Waals surface area contributed by atoms with Crippen LogP contribution >= 0.6 is 0 Å². The van der Waals surface area contributed by atoms with E-state index in [0.717, 1.165) is 16.9 Å². The van der Waals surface area contributed by atoms with Crippen molar-refractivity contribution in [1.29, 1.82) is 5.26 Å². The largest absolute Gasteiger partial charge is 0.496 e. The Morgan fingerprint density at radius 2 is 1.84 bits per heavy atom. The highest BCUT2D eigenvalue weighted by Crippen LogP contribution is 2.18. The minimum Gasteiger partial charge on any atom is -0.496 e. The lowest BCUT2D eigenvalue weighted by atomic mass is 10.1. The van der Waals surface area contributed by atoms with Gasteiger partial charge in [-0.25, -0.2) is 0 Å². The van der Waals surface area contributed by atoms with E-state index in [2.05, 4.69) is 5.32 Å². The molecule has 0 aliphatic carbocycles. The van der Waals surface area contributed by atoms with Crippen molar-refractivity contribution in [3.8, 4) is 11.8 Å². The van der Waals surface area contributed by atoms with Crippen molar-refractivity contribution < 1.29 is 9.53 Å². The van der Waals surface area contributed by atoms with Gasteiger partial charge in [-0.1, -0.05) is 60.7 Å². The maximum atomic E-state index is 12.3. The Morgan fingerprint density at radius 3 is 2.52 bits per heavy atom. The first-order valence-electron chi connectivity index (χ1n) is 7.93. The summed E-state index contributed by atoms with van der Waals surface area (Å²) in [6.07, 6.45) is 4.97. The van der Waals surface area contributed by atoms with E-state index in [4.69, 9.17) is 4.74 Å². The van der Waals surface area contributed by atoms with Gasteiger partial charge in [0.1, 0.15) is 17.4 Å². The third-order valence-corrected chi connectivity index (χ3v) is 3.69. The fourth-order valence-corrected chi connectivity index (χ4v) is 2.32. The Bertz CT molecular complexity index is 817. The summed E-state index contributed by atoms with van der Waals surface area (Å²) in [6, 6.07) is 18.9. The van der Waals surface area contributed by atoms with E-state index >= 15 is 0 Å². The number of benzene rings is 2. The molecule has 4 heteroatoms. The number of ether oxygens (including phenoxy) is 1. The standard InChI is InChI=1S/C21H20N2O2/c1-16(17-9-4-3-5-10-17)23-21(24)19(15-22)13-8-12-18-11-6-7-14-20(18)25-2/h3-14,16H,1-2H3,(H,23,24)/b12-8+,19-13+. The number of hydrogen-bond donors (Lipinski definition) is 1. The van der Waals surface area contributed by atoms with Gasteiger partial charge in [0.25, 0.3) is 5.91 Å². The first kappa shape index (κ1) is 18.0.